The maximum atomic E-state index is 12.5. The van der Waals surface area contributed by atoms with Crippen molar-refractivity contribution in [3.05, 3.63) is 63.7 Å². The van der Waals surface area contributed by atoms with Gasteiger partial charge in [-0.3, -0.25) is 19.7 Å². The number of benzene rings is 2. The molecule has 0 aliphatic heterocycles. The highest BCUT2D eigenvalue weighted by Crippen LogP contribution is 2.25. The highest BCUT2D eigenvalue weighted by atomic mass is 16.6. The van der Waals surface area contributed by atoms with Gasteiger partial charge in [0.1, 0.15) is 11.3 Å². The number of nitrogens with one attached hydrogen (secondary N) is 2. The van der Waals surface area contributed by atoms with Gasteiger partial charge in [-0.1, -0.05) is 6.07 Å². The topological polar surface area (TPSA) is 111 Å². The Labute approximate surface area is 149 Å². The molecule has 0 bridgehead atoms. The highest BCUT2D eigenvalue weighted by Gasteiger charge is 2.24. The molecule has 1 saturated carbocycles. The van der Waals surface area contributed by atoms with Gasteiger partial charge in [-0.25, -0.2) is 0 Å². The zero-order valence-electron chi connectivity index (χ0n) is 14.0. The Hall–Kier alpha value is -3.42. The van der Waals surface area contributed by atoms with Gasteiger partial charge >= 0.3 is 0 Å². The minimum Gasteiger partial charge on any atom is -0.497 e. The van der Waals surface area contributed by atoms with Gasteiger partial charge in [0.05, 0.1) is 12.0 Å². The molecule has 1 aliphatic carbocycles. The van der Waals surface area contributed by atoms with Crippen molar-refractivity contribution >= 4 is 23.2 Å². The normalized spacial score (nSPS) is 13.0. The lowest BCUT2D eigenvalue weighted by atomic mass is 10.1. The number of amides is 2. The molecular formula is C18H17N3O5. The van der Waals surface area contributed by atoms with E-state index in [2.05, 4.69) is 10.6 Å². The first-order chi connectivity index (χ1) is 12.5. The molecule has 2 N–H and O–H groups in total. The minimum atomic E-state index is -0.657. The van der Waals surface area contributed by atoms with Crippen molar-refractivity contribution in [1.82, 2.24) is 5.32 Å². The number of anilines is 1. The maximum Gasteiger partial charge on any atom is 0.282 e. The molecule has 1 aliphatic rings. The largest absolute Gasteiger partial charge is 0.497 e. The van der Waals surface area contributed by atoms with Gasteiger partial charge in [0.2, 0.25) is 0 Å². The van der Waals surface area contributed by atoms with E-state index in [0.717, 1.165) is 12.8 Å². The molecule has 0 radical (unpaired) electrons. The molecule has 0 spiro atoms. The summed E-state index contributed by atoms with van der Waals surface area (Å²) in [6.45, 7) is 0. The molecule has 0 heterocycles. The number of hydrogen-bond donors (Lipinski definition) is 2. The van der Waals surface area contributed by atoms with Crippen molar-refractivity contribution in [3.63, 3.8) is 0 Å². The number of carbonyl (C=O) groups is 2. The molecule has 2 amide bonds. The van der Waals surface area contributed by atoms with Crippen LogP contribution in [-0.2, 0) is 0 Å². The number of carbonyl (C=O) groups excluding carboxylic acids is 2. The number of rotatable bonds is 6. The van der Waals surface area contributed by atoms with E-state index in [-0.39, 0.29) is 23.2 Å². The molecule has 2 aromatic rings. The quantitative estimate of drug-likeness (QED) is 0.611. The van der Waals surface area contributed by atoms with Crippen LogP contribution in [0.15, 0.2) is 42.5 Å². The molecule has 3 rings (SSSR count). The van der Waals surface area contributed by atoms with Gasteiger partial charge in [-0.2, -0.15) is 0 Å². The van der Waals surface area contributed by atoms with Crippen LogP contribution in [0.5, 0.6) is 5.75 Å². The van der Waals surface area contributed by atoms with Gasteiger partial charge in [0, 0.05) is 23.4 Å². The summed E-state index contributed by atoms with van der Waals surface area (Å²) in [7, 11) is 1.41. The fourth-order valence-corrected chi connectivity index (χ4v) is 2.42. The van der Waals surface area contributed by atoms with Crippen LogP contribution in [-0.4, -0.2) is 29.9 Å². The second-order valence-corrected chi connectivity index (χ2v) is 5.92. The predicted molar refractivity (Wildman–Crippen MR) is 94.5 cm³/mol. The summed E-state index contributed by atoms with van der Waals surface area (Å²) in [5.41, 5.74) is 0.332. The van der Waals surface area contributed by atoms with Gasteiger partial charge in [-0.05, 0) is 43.2 Å². The molecule has 134 valence electrons. The molecule has 8 heteroatoms. The summed E-state index contributed by atoms with van der Waals surface area (Å²) < 4.78 is 5.03. The zero-order chi connectivity index (χ0) is 18.7. The lowest BCUT2D eigenvalue weighted by Crippen LogP contribution is -2.25. The summed E-state index contributed by atoms with van der Waals surface area (Å²) in [4.78, 5) is 35.1. The SMILES string of the molecule is COc1ccc([N+](=O)[O-])c(C(=O)Nc2cccc(C(=O)NC3CC3)c2)c1. The molecule has 0 saturated heterocycles. The van der Waals surface area contributed by atoms with E-state index in [4.69, 9.17) is 4.74 Å². The third kappa shape index (κ3) is 3.97. The van der Waals surface area contributed by atoms with E-state index in [9.17, 15) is 19.7 Å². The Morgan fingerprint density at radius 3 is 2.58 bits per heavy atom. The molecule has 8 nitrogen and oxygen atoms in total. The van der Waals surface area contributed by atoms with E-state index in [1.807, 2.05) is 0 Å². The van der Waals surface area contributed by atoms with Crippen molar-refractivity contribution in [2.45, 2.75) is 18.9 Å². The van der Waals surface area contributed by atoms with Crippen molar-refractivity contribution in [2.24, 2.45) is 0 Å². The van der Waals surface area contributed by atoms with E-state index in [1.165, 1.54) is 31.4 Å². The van der Waals surface area contributed by atoms with Crippen molar-refractivity contribution in [1.29, 1.82) is 0 Å². The molecule has 26 heavy (non-hydrogen) atoms. The van der Waals surface area contributed by atoms with Crippen LogP contribution >= 0.6 is 0 Å². The van der Waals surface area contributed by atoms with Gasteiger partial charge in [0.25, 0.3) is 17.5 Å². The van der Waals surface area contributed by atoms with E-state index < -0.39 is 10.8 Å². The first kappa shape index (κ1) is 17.4. The van der Waals surface area contributed by atoms with Gasteiger partial charge in [0.15, 0.2) is 0 Å². The van der Waals surface area contributed by atoms with Crippen LogP contribution in [0.3, 0.4) is 0 Å². The number of hydrogen-bond acceptors (Lipinski definition) is 5. The smallest absolute Gasteiger partial charge is 0.282 e. The molecule has 0 atom stereocenters. The van der Waals surface area contributed by atoms with E-state index in [1.54, 1.807) is 18.2 Å². The van der Waals surface area contributed by atoms with Crippen LogP contribution in [0.25, 0.3) is 0 Å². The number of nitrogens with zero attached hydrogens (tertiary/aromatic N) is 1. The predicted octanol–water partition coefficient (Wildman–Crippen LogP) is 2.75. The number of nitro benzene ring substituents is 1. The lowest BCUT2D eigenvalue weighted by molar-refractivity contribution is -0.385. The average Bonchev–Trinajstić information content (AvgIpc) is 3.45. The maximum absolute atomic E-state index is 12.5. The molecular weight excluding hydrogens is 338 g/mol. The van der Waals surface area contributed by atoms with Crippen molar-refractivity contribution in [2.75, 3.05) is 12.4 Å². The highest BCUT2D eigenvalue weighted by molar-refractivity contribution is 6.08. The Morgan fingerprint density at radius 2 is 1.92 bits per heavy atom. The summed E-state index contributed by atoms with van der Waals surface area (Å²) in [6, 6.07) is 10.6. The van der Waals surface area contributed by atoms with Crippen LogP contribution in [0.4, 0.5) is 11.4 Å². The minimum absolute atomic E-state index is 0.123. The number of ether oxygens (including phenoxy) is 1. The zero-order valence-corrected chi connectivity index (χ0v) is 14.0. The van der Waals surface area contributed by atoms with E-state index >= 15 is 0 Å². The third-order valence-corrected chi connectivity index (χ3v) is 3.94. The van der Waals surface area contributed by atoms with Gasteiger partial charge in [-0.15, -0.1) is 0 Å². The van der Waals surface area contributed by atoms with Crippen molar-refractivity contribution in [3.8, 4) is 5.75 Å². The van der Waals surface area contributed by atoms with Crippen molar-refractivity contribution < 1.29 is 19.2 Å². The molecule has 0 unspecified atom stereocenters. The Bertz CT molecular complexity index is 877. The molecule has 2 aromatic carbocycles. The van der Waals surface area contributed by atoms with Crippen LogP contribution < -0.4 is 15.4 Å². The average molecular weight is 355 g/mol. The summed E-state index contributed by atoms with van der Waals surface area (Å²) in [5, 5.41) is 16.6. The summed E-state index contributed by atoms with van der Waals surface area (Å²) >= 11 is 0. The Balaban J connectivity index is 1.81. The monoisotopic (exact) mass is 355 g/mol. The van der Waals surface area contributed by atoms with Crippen LogP contribution in [0.2, 0.25) is 0 Å². The van der Waals surface area contributed by atoms with E-state index in [0.29, 0.717) is 17.0 Å². The van der Waals surface area contributed by atoms with Gasteiger partial charge < -0.3 is 15.4 Å². The Morgan fingerprint density at radius 1 is 1.15 bits per heavy atom. The number of methoxy groups -OCH3 is 1. The molecule has 0 aromatic heterocycles. The second-order valence-electron chi connectivity index (χ2n) is 5.92. The summed E-state index contributed by atoms with van der Waals surface area (Å²) in [6.07, 6.45) is 1.95. The Kier molecular flexibility index (Phi) is 4.83. The third-order valence-electron chi connectivity index (χ3n) is 3.94. The summed E-state index contributed by atoms with van der Waals surface area (Å²) in [5.74, 6) is -0.537. The lowest BCUT2D eigenvalue weighted by Gasteiger charge is -2.09. The van der Waals surface area contributed by atoms with Crippen LogP contribution in [0.1, 0.15) is 33.6 Å². The fourth-order valence-electron chi connectivity index (χ4n) is 2.42. The number of nitro groups is 1. The fraction of sp³-hybridized carbons (Fsp3) is 0.222. The molecule has 1 fully saturated rings. The first-order valence-corrected chi connectivity index (χ1v) is 8.02. The van der Waals surface area contributed by atoms with Crippen LogP contribution in [0, 0.1) is 10.1 Å². The second kappa shape index (κ2) is 7.22. The first-order valence-electron chi connectivity index (χ1n) is 8.02. The standard InChI is InChI=1S/C18H17N3O5/c1-26-14-7-8-16(21(24)25)15(10-14)18(23)20-13-4-2-3-11(9-13)17(22)19-12-5-6-12/h2-4,7-10,12H,5-6H2,1H3,(H,19,22)(H,20,23).